The van der Waals surface area contributed by atoms with Gasteiger partial charge in [0.25, 0.3) is 5.91 Å². The Kier molecular flexibility index (Phi) is 6.22. The van der Waals surface area contributed by atoms with E-state index in [-0.39, 0.29) is 23.3 Å². The Bertz CT molecular complexity index is 1090. The van der Waals surface area contributed by atoms with Crippen molar-refractivity contribution in [2.75, 3.05) is 61.5 Å². The Morgan fingerprint density at radius 3 is 2.54 bits per heavy atom. The first-order chi connectivity index (χ1) is 16.8. The Morgan fingerprint density at radius 2 is 1.86 bits per heavy atom. The number of nitrogens with two attached hydrogens (primary N) is 1. The van der Waals surface area contributed by atoms with Crippen LogP contribution in [0.4, 0.5) is 17.7 Å². The summed E-state index contributed by atoms with van der Waals surface area (Å²) in [5.74, 6) is 1.47. The molecule has 3 aliphatic rings. The van der Waals surface area contributed by atoms with Crippen LogP contribution in [0.3, 0.4) is 0 Å². The van der Waals surface area contributed by atoms with Gasteiger partial charge in [-0.25, -0.2) is 15.0 Å². The standard InChI is InChI=1S/C24H34N8O3/c1-15(2)19(33)21(34)31-7-5-24(3,14-31)32-6-4-17-18(16-12-26-22(25)27-13-16)28-23(29-20(17)32)30-8-10-35-11-9-30/h12-13,15,19,33H,4-11,14H2,1-3H3,(H2,25,26,27)/t19-,24-/m0/s1. The summed E-state index contributed by atoms with van der Waals surface area (Å²) in [4.78, 5) is 37.5. The predicted octanol–water partition coefficient (Wildman–Crippen LogP) is 0.723. The highest BCUT2D eigenvalue weighted by atomic mass is 16.5. The molecule has 5 rings (SSSR count). The van der Waals surface area contributed by atoms with E-state index in [9.17, 15) is 9.90 Å². The van der Waals surface area contributed by atoms with Crippen molar-refractivity contribution < 1.29 is 14.6 Å². The average Bonchev–Trinajstić information content (AvgIpc) is 3.48. The van der Waals surface area contributed by atoms with Crippen LogP contribution >= 0.6 is 0 Å². The topological polar surface area (TPSA) is 134 Å². The first-order valence-electron chi connectivity index (χ1n) is 12.3. The van der Waals surface area contributed by atoms with E-state index in [1.165, 1.54) is 0 Å². The van der Waals surface area contributed by atoms with E-state index in [1.807, 2.05) is 13.8 Å². The molecule has 2 atom stereocenters. The number of carbonyl (C=O) groups excluding carboxylic acids is 1. The summed E-state index contributed by atoms with van der Waals surface area (Å²) in [6.07, 6.45) is 4.04. The molecule has 11 heteroatoms. The molecule has 2 saturated heterocycles. The van der Waals surface area contributed by atoms with Gasteiger partial charge < -0.3 is 30.3 Å². The summed E-state index contributed by atoms with van der Waals surface area (Å²) in [7, 11) is 0. The van der Waals surface area contributed by atoms with Gasteiger partial charge in [-0.1, -0.05) is 13.8 Å². The van der Waals surface area contributed by atoms with Gasteiger partial charge in [-0.3, -0.25) is 4.79 Å². The molecular formula is C24H34N8O3. The molecule has 0 spiro atoms. The van der Waals surface area contributed by atoms with Crippen molar-refractivity contribution in [2.24, 2.45) is 5.92 Å². The van der Waals surface area contributed by atoms with Gasteiger partial charge in [0.15, 0.2) is 0 Å². The lowest BCUT2D eigenvalue weighted by Gasteiger charge is -2.37. The maximum absolute atomic E-state index is 12.9. The first kappa shape index (κ1) is 23.7. The molecule has 3 aliphatic heterocycles. The fraction of sp³-hybridized carbons (Fsp3) is 0.625. The van der Waals surface area contributed by atoms with Crippen molar-refractivity contribution in [1.82, 2.24) is 24.8 Å². The molecule has 3 N–H and O–H groups in total. The lowest BCUT2D eigenvalue weighted by Crippen LogP contribution is -2.50. The van der Waals surface area contributed by atoms with Gasteiger partial charge in [0, 0.05) is 56.2 Å². The van der Waals surface area contributed by atoms with Crippen LogP contribution in [0.15, 0.2) is 12.4 Å². The van der Waals surface area contributed by atoms with E-state index in [2.05, 4.69) is 26.7 Å². The Balaban J connectivity index is 1.50. The van der Waals surface area contributed by atoms with Gasteiger partial charge in [0.1, 0.15) is 11.9 Å². The van der Waals surface area contributed by atoms with Crippen molar-refractivity contribution in [3.05, 3.63) is 18.0 Å². The quantitative estimate of drug-likeness (QED) is 0.628. The number of nitrogens with zero attached hydrogens (tertiary/aromatic N) is 7. The highest BCUT2D eigenvalue weighted by Crippen LogP contribution is 2.41. The van der Waals surface area contributed by atoms with Crippen LogP contribution in [0.1, 0.15) is 32.8 Å². The van der Waals surface area contributed by atoms with E-state index >= 15 is 0 Å². The van der Waals surface area contributed by atoms with Gasteiger partial charge in [0.05, 0.1) is 24.4 Å². The number of morpholine rings is 1. The summed E-state index contributed by atoms with van der Waals surface area (Å²) >= 11 is 0. The number of amides is 1. The monoisotopic (exact) mass is 482 g/mol. The molecule has 0 bridgehead atoms. The Hall–Kier alpha value is -3.05. The summed E-state index contributed by atoms with van der Waals surface area (Å²) in [6.45, 7) is 10.6. The van der Waals surface area contributed by atoms with Crippen LogP contribution in [-0.4, -0.2) is 93.4 Å². The Labute approximate surface area is 205 Å². The van der Waals surface area contributed by atoms with E-state index in [0.29, 0.717) is 32.3 Å². The molecule has 0 radical (unpaired) electrons. The molecular weight excluding hydrogens is 448 g/mol. The van der Waals surface area contributed by atoms with Crippen LogP contribution in [0.2, 0.25) is 0 Å². The molecule has 0 aliphatic carbocycles. The summed E-state index contributed by atoms with van der Waals surface area (Å²) < 4.78 is 5.53. The van der Waals surface area contributed by atoms with Gasteiger partial charge in [0.2, 0.25) is 11.9 Å². The highest BCUT2D eigenvalue weighted by molar-refractivity contribution is 5.81. The second-order valence-corrected chi connectivity index (χ2v) is 10.2. The first-order valence-corrected chi connectivity index (χ1v) is 12.3. The number of aliphatic hydroxyl groups is 1. The molecule has 0 saturated carbocycles. The maximum atomic E-state index is 12.9. The molecule has 35 heavy (non-hydrogen) atoms. The van der Waals surface area contributed by atoms with Gasteiger partial charge >= 0.3 is 0 Å². The van der Waals surface area contributed by atoms with Crippen molar-refractivity contribution in [2.45, 2.75) is 45.3 Å². The van der Waals surface area contributed by atoms with Crippen molar-refractivity contribution in [3.8, 4) is 11.3 Å². The van der Waals surface area contributed by atoms with Gasteiger partial charge in [-0.2, -0.15) is 4.98 Å². The molecule has 0 aromatic carbocycles. The number of aliphatic hydroxyl groups excluding tert-OH is 1. The molecule has 2 aromatic rings. The lowest BCUT2D eigenvalue weighted by atomic mass is 9.99. The molecule has 11 nitrogen and oxygen atoms in total. The second kappa shape index (κ2) is 9.19. The van der Waals surface area contributed by atoms with E-state index in [1.54, 1.807) is 17.3 Å². The molecule has 2 aromatic heterocycles. The number of likely N-dealkylation sites (tertiary alicyclic amines) is 1. The Morgan fingerprint density at radius 1 is 1.14 bits per heavy atom. The van der Waals surface area contributed by atoms with E-state index in [0.717, 1.165) is 55.1 Å². The van der Waals surface area contributed by atoms with Crippen LogP contribution < -0.4 is 15.5 Å². The third-order valence-corrected chi connectivity index (χ3v) is 7.35. The number of anilines is 3. The number of rotatable bonds is 5. The van der Waals surface area contributed by atoms with E-state index in [4.69, 9.17) is 20.4 Å². The molecule has 5 heterocycles. The van der Waals surface area contributed by atoms with Crippen molar-refractivity contribution in [3.63, 3.8) is 0 Å². The number of fused-ring (bicyclic) bond motifs is 1. The van der Waals surface area contributed by atoms with Crippen LogP contribution in [0.5, 0.6) is 0 Å². The van der Waals surface area contributed by atoms with Gasteiger partial charge in [-0.05, 0) is 25.7 Å². The number of aromatic nitrogens is 4. The molecule has 1 amide bonds. The largest absolute Gasteiger partial charge is 0.383 e. The molecule has 188 valence electrons. The zero-order valence-corrected chi connectivity index (χ0v) is 20.6. The van der Waals surface area contributed by atoms with Gasteiger partial charge in [-0.15, -0.1) is 0 Å². The number of hydrogen-bond donors (Lipinski definition) is 2. The second-order valence-electron chi connectivity index (χ2n) is 10.2. The SMILES string of the molecule is CC(C)[C@H](O)C(=O)N1CC[C@](C)(N2CCc3c(-c4cnc(N)nc4)nc(N4CCOCC4)nc32)C1. The minimum absolute atomic E-state index is 0.115. The van der Waals surface area contributed by atoms with Crippen LogP contribution in [-0.2, 0) is 16.0 Å². The van der Waals surface area contributed by atoms with E-state index < -0.39 is 6.10 Å². The summed E-state index contributed by atoms with van der Waals surface area (Å²) in [6, 6.07) is 0. The fourth-order valence-electron chi connectivity index (χ4n) is 5.20. The van der Waals surface area contributed by atoms with Crippen LogP contribution in [0.25, 0.3) is 11.3 Å². The number of carbonyl (C=O) groups is 1. The van der Waals surface area contributed by atoms with Crippen LogP contribution in [0, 0.1) is 5.92 Å². The molecule has 2 fully saturated rings. The maximum Gasteiger partial charge on any atom is 0.251 e. The third kappa shape index (κ3) is 4.38. The number of hydrogen-bond acceptors (Lipinski definition) is 10. The number of nitrogen functional groups attached to an aromatic ring is 1. The normalized spacial score (nSPS) is 23.2. The average molecular weight is 483 g/mol. The molecule has 0 unspecified atom stereocenters. The predicted molar refractivity (Wildman–Crippen MR) is 132 cm³/mol. The zero-order chi connectivity index (χ0) is 24.7. The minimum Gasteiger partial charge on any atom is -0.383 e. The summed E-state index contributed by atoms with van der Waals surface area (Å²) in [5.41, 5.74) is 8.13. The highest BCUT2D eigenvalue weighted by Gasteiger charge is 2.45. The minimum atomic E-state index is -0.976. The fourth-order valence-corrected chi connectivity index (χ4v) is 5.20. The van der Waals surface area contributed by atoms with Crippen molar-refractivity contribution >= 4 is 23.6 Å². The summed E-state index contributed by atoms with van der Waals surface area (Å²) in [5, 5.41) is 10.3. The van der Waals surface area contributed by atoms with Crippen molar-refractivity contribution in [1.29, 1.82) is 0 Å². The third-order valence-electron chi connectivity index (χ3n) is 7.35. The lowest BCUT2D eigenvalue weighted by molar-refractivity contribution is -0.141. The zero-order valence-electron chi connectivity index (χ0n) is 20.6. The number of ether oxygens (including phenoxy) is 1. The smallest absolute Gasteiger partial charge is 0.251 e.